The third kappa shape index (κ3) is 4.76. The maximum absolute atomic E-state index is 3.74. The van der Waals surface area contributed by atoms with Gasteiger partial charge in [-0.3, -0.25) is 0 Å². The lowest BCUT2D eigenvalue weighted by molar-refractivity contribution is 0.366. The second-order valence-corrected chi connectivity index (χ2v) is 3.76. The van der Waals surface area contributed by atoms with Crippen molar-refractivity contribution in [1.29, 1.82) is 0 Å². The summed E-state index contributed by atoms with van der Waals surface area (Å²) in [6, 6.07) is 0. The van der Waals surface area contributed by atoms with Crippen LogP contribution in [0.4, 0.5) is 0 Å². The highest BCUT2D eigenvalue weighted by molar-refractivity contribution is 5.10. The highest BCUT2D eigenvalue weighted by atomic mass is 15.1. The SMILES string of the molecule is C=C/C=C(\C(C)C)N(C)CCCC. The van der Waals surface area contributed by atoms with Gasteiger partial charge in [-0.15, -0.1) is 0 Å². The van der Waals surface area contributed by atoms with E-state index in [0.29, 0.717) is 5.92 Å². The maximum Gasteiger partial charge on any atom is 0.0171 e. The van der Waals surface area contributed by atoms with Crippen molar-refractivity contribution in [1.82, 2.24) is 4.90 Å². The summed E-state index contributed by atoms with van der Waals surface area (Å²) in [5.41, 5.74) is 1.38. The van der Waals surface area contributed by atoms with Crippen molar-refractivity contribution in [3.63, 3.8) is 0 Å². The van der Waals surface area contributed by atoms with Gasteiger partial charge in [0.15, 0.2) is 0 Å². The maximum atomic E-state index is 3.74. The molecule has 0 bridgehead atoms. The van der Waals surface area contributed by atoms with Crippen molar-refractivity contribution in [3.8, 4) is 0 Å². The lowest BCUT2D eigenvalue weighted by atomic mass is 10.1. The van der Waals surface area contributed by atoms with Crippen LogP contribution in [0.25, 0.3) is 0 Å². The summed E-state index contributed by atoms with van der Waals surface area (Å²) in [4.78, 5) is 2.33. The second-order valence-electron chi connectivity index (χ2n) is 3.76. The molecule has 0 radical (unpaired) electrons. The van der Waals surface area contributed by atoms with Crippen LogP contribution in [0.5, 0.6) is 0 Å². The van der Waals surface area contributed by atoms with E-state index < -0.39 is 0 Å². The predicted molar refractivity (Wildman–Crippen MR) is 60.7 cm³/mol. The molecule has 0 unspecified atom stereocenters. The quantitative estimate of drug-likeness (QED) is 0.567. The minimum absolute atomic E-state index is 0.583. The molecule has 0 spiro atoms. The van der Waals surface area contributed by atoms with Crippen LogP contribution in [-0.2, 0) is 0 Å². The van der Waals surface area contributed by atoms with E-state index in [9.17, 15) is 0 Å². The van der Waals surface area contributed by atoms with Crippen LogP contribution in [0.3, 0.4) is 0 Å². The molecule has 0 N–H and O–H groups in total. The standard InChI is InChI=1S/C12H23N/c1-6-8-10-13(5)12(9-7-2)11(3)4/h7,9,11H,2,6,8,10H2,1,3-5H3/b12-9+. The van der Waals surface area contributed by atoms with Crippen molar-refractivity contribution in [2.24, 2.45) is 5.92 Å². The van der Waals surface area contributed by atoms with Crippen LogP contribution >= 0.6 is 0 Å². The third-order valence-corrected chi connectivity index (χ3v) is 2.17. The summed E-state index contributed by atoms with van der Waals surface area (Å²) < 4.78 is 0. The molecule has 0 fully saturated rings. The molecule has 1 heteroatoms. The molecule has 1 nitrogen and oxygen atoms in total. The Hall–Kier alpha value is -0.720. The Morgan fingerprint density at radius 3 is 2.46 bits per heavy atom. The van der Waals surface area contributed by atoms with Crippen molar-refractivity contribution in [3.05, 3.63) is 24.4 Å². The van der Waals surface area contributed by atoms with Gasteiger partial charge in [0.1, 0.15) is 0 Å². The van der Waals surface area contributed by atoms with Crippen LogP contribution in [-0.4, -0.2) is 18.5 Å². The highest BCUT2D eigenvalue weighted by Crippen LogP contribution is 2.14. The highest BCUT2D eigenvalue weighted by Gasteiger charge is 2.06. The number of rotatable bonds is 6. The fourth-order valence-electron chi connectivity index (χ4n) is 1.41. The largest absolute Gasteiger partial charge is 0.378 e. The van der Waals surface area contributed by atoms with Crippen molar-refractivity contribution >= 4 is 0 Å². The smallest absolute Gasteiger partial charge is 0.0171 e. The molecule has 0 aromatic heterocycles. The van der Waals surface area contributed by atoms with E-state index in [1.54, 1.807) is 0 Å². The predicted octanol–water partition coefficient (Wildman–Crippen LogP) is 3.44. The van der Waals surface area contributed by atoms with Gasteiger partial charge in [-0.25, -0.2) is 0 Å². The number of hydrogen-bond donors (Lipinski definition) is 0. The van der Waals surface area contributed by atoms with Crippen LogP contribution in [0.1, 0.15) is 33.6 Å². The number of hydrogen-bond acceptors (Lipinski definition) is 1. The zero-order chi connectivity index (χ0) is 10.3. The Labute approximate surface area is 83.1 Å². The average molecular weight is 181 g/mol. The molecule has 0 amide bonds. The molecule has 0 atom stereocenters. The number of allylic oxidation sites excluding steroid dienone is 3. The molecular formula is C12H23N. The summed E-state index contributed by atoms with van der Waals surface area (Å²) in [6.45, 7) is 11.6. The molecule has 13 heavy (non-hydrogen) atoms. The fourth-order valence-corrected chi connectivity index (χ4v) is 1.41. The van der Waals surface area contributed by atoms with Gasteiger partial charge >= 0.3 is 0 Å². The van der Waals surface area contributed by atoms with Gasteiger partial charge in [0, 0.05) is 19.3 Å². The van der Waals surface area contributed by atoms with Crippen molar-refractivity contribution in [2.45, 2.75) is 33.6 Å². The van der Waals surface area contributed by atoms with E-state index in [4.69, 9.17) is 0 Å². The van der Waals surface area contributed by atoms with Crippen LogP contribution in [0, 0.1) is 5.92 Å². The molecule has 0 saturated carbocycles. The summed E-state index contributed by atoms with van der Waals surface area (Å²) in [5.74, 6) is 0.583. The zero-order valence-electron chi connectivity index (χ0n) is 9.51. The monoisotopic (exact) mass is 181 g/mol. The lowest BCUT2D eigenvalue weighted by Gasteiger charge is -2.25. The molecular weight excluding hydrogens is 158 g/mol. The van der Waals surface area contributed by atoms with E-state index in [0.717, 1.165) is 6.54 Å². The van der Waals surface area contributed by atoms with Crippen LogP contribution in [0.2, 0.25) is 0 Å². The summed E-state index contributed by atoms with van der Waals surface area (Å²) in [5, 5.41) is 0. The molecule has 0 rings (SSSR count). The van der Waals surface area contributed by atoms with Gasteiger partial charge in [-0.1, -0.05) is 39.8 Å². The summed E-state index contributed by atoms with van der Waals surface area (Å²) in [7, 11) is 2.16. The van der Waals surface area contributed by atoms with Gasteiger partial charge in [0.25, 0.3) is 0 Å². The van der Waals surface area contributed by atoms with Gasteiger partial charge in [-0.05, 0) is 18.4 Å². The van der Waals surface area contributed by atoms with Crippen molar-refractivity contribution < 1.29 is 0 Å². The first-order valence-electron chi connectivity index (χ1n) is 5.17. The van der Waals surface area contributed by atoms with E-state index in [1.165, 1.54) is 18.5 Å². The van der Waals surface area contributed by atoms with Crippen molar-refractivity contribution in [2.75, 3.05) is 13.6 Å². The molecule has 0 aromatic carbocycles. The van der Waals surface area contributed by atoms with Crippen LogP contribution < -0.4 is 0 Å². The Morgan fingerprint density at radius 1 is 1.46 bits per heavy atom. The topological polar surface area (TPSA) is 3.24 Å². The van der Waals surface area contributed by atoms with E-state index in [-0.39, 0.29) is 0 Å². The van der Waals surface area contributed by atoms with Crippen LogP contribution in [0.15, 0.2) is 24.4 Å². The normalized spacial score (nSPS) is 11.9. The lowest BCUT2D eigenvalue weighted by Crippen LogP contribution is -2.22. The molecule has 0 aromatic rings. The Morgan fingerprint density at radius 2 is 2.08 bits per heavy atom. The molecule has 0 heterocycles. The number of unbranched alkanes of at least 4 members (excludes halogenated alkanes) is 1. The van der Waals surface area contributed by atoms with Gasteiger partial charge < -0.3 is 4.90 Å². The zero-order valence-corrected chi connectivity index (χ0v) is 9.51. The molecule has 76 valence electrons. The first-order chi connectivity index (χ1) is 6.13. The number of nitrogens with zero attached hydrogens (tertiary/aromatic N) is 1. The minimum Gasteiger partial charge on any atom is -0.378 e. The van der Waals surface area contributed by atoms with E-state index in [1.807, 2.05) is 6.08 Å². The van der Waals surface area contributed by atoms with E-state index in [2.05, 4.69) is 45.4 Å². The molecule has 0 aliphatic rings. The molecule has 0 aliphatic heterocycles. The average Bonchev–Trinajstić information content (AvgIpc) is 2.09. The first-order valence-corrected chi connectivity index (χ1v) is 5.17. The third-order valence-electron chi connectivity index (χ3n) is 2.17. The van der Waals surface area contributed by atoms with Gasteiger partial charge in [-0.2, -0.15) is 0 Å². The first kappa shape index (κ1) is 12.3. The summed E-state index contributed by atoms with van der Waals surface area (Å²) in [6.07, 6.45) is 6.50. The van der Waals surface area contributed by atoms with Gasteiger partial charge in [0.05, 0.1) is 0 Å². The summed E-state index contributed by atoms with van der Waals surface area (Å²) >= 11 is 0. The fraction of sp³-hybridized carbons (Fsp3) is 0.667. The Bertz CT molecular complexity index is 168. The Kier molecular flexibility index (Phi) is 6.38. The second kappa shape index (κ2) is 6.76. The minimum atomic E-state index is 0.583. The molecule has 0 aliphatic carbocycles. The Balaban J connectivity index is 4.20. The van der Waals surface area contributed by atoms with Gasteiger partial charge in [0.2, 0.25) is 0 Å². The molecule has 0 saturated heterocycles. The van der Waals surface area contributed by atoms with E-state index >= 15 is 0 Å².